The number of aromatic nitrogens is 4. The molecule has 0 atom stereocenters. The van der Waals surface area contributed by atoms with Crippen molar-refractivity contribution in [3.05, 3.63) is 29.5 Å². The van der Waals surface area contributed by atoms with Gasteiger partial charge in [0.15, 0.2) is 5.82 Å². The molecule has 1 aliphatic heterocycles. The lowest BCUT2D eigenvalue weighted by molar-refractivity contribution is 0.619. The van der Waals surface area contributed by atoms with Gasteiger partial charge in [-0.2, -0.15) is 0 Å². The number of nitrogens with zero attached hydrogens (tertiary/aromatic N) is 4. The van der Waals surface area contributed by atoms with E-state index >= 15 is 0 Å². The van der Waals surface area contributed by atoms with Gasteiger partial charge < -0.3 is 9.88 Å². The molecule has 2 aromatic rings. The largest absolute Gasteiger partial charge is 0.331 e. The molecule has 0 radical (unpaired) electrons. The van der Waals surface area contributed by atoms with E-state index in [1.807, 2.05) is 11.6 Å². The average molecular weight is 229 g/mol. The predicted octanol–water partition coefficient (Wildman–Crippen LogP) is 0.831. The van der Waals surface area contributed by atoms with Gasteiger partial charge in [-0.25, -0.2) is 15.0 Å². The van der Waals surface area contributed by atoms with Gasteiger partial charge in [0, 0.05) is 19.3 Å². The Kier molecular flexibility index (Phi) is 2.40. The summed E-state index contributed by atoms with van der Waals surface area (Å²) in [5.41, 5.74) is 4.48. The van der Waals surface area contributed by atoms with Crippen LogP contribution in [0.15, 0.2) is 12.5 Å². The maximum absolute atomic E-state index is 4.64. The minimum absolute atomic E-state index is 0.768. The molecule has 5 nitrogen and oxygen atoms in total. The first kappa shape index (κ1) is 10.4. The van der Waals surface area contributed by atoms with Crippen LogP contribution in [0.5, 0.6) is 0 Å². The Morgan fingerprint density at radius 1 is 1.35 bits per heavy atom. The van der Waals surface area contributed by atoms with E-state index in [1.165, 1.54) is 5.56 Å². The van der Waals surface area contributed by atoms with Gasteiger partial charge >= 0.3 is 0 Å². The van der Waals surface area contributed by atoms with Crippen molar-refractivity contribution in [2.45, 2.75) is 19.9 Å². The molecular weight excluding hydrogens is 214 g/mol. The fraction of sp³-hybridized carbons (Fsp3) is 0.417. The average Bonchev–Trinajstić information content (AvgIpc) is 2.75. The van der Waals surface area contributed by atoms with Crippen LogP contribution in [-0.2, 0) is 20.0 Å². The Morgan fingerprint density at radius 3 is 3.00 bits per heavy atom. The molecule has 0 bridgehead atoms. The molecule has 0 saturated heterocycles. The van der Waals surface area contributed by atoms with Crippen LogP contribution in [0.3, 0.4) is 0 Å². The normalized spacial score (nSPS) is 14.7. The van der Waals surface area contributed by atoms with E-state index in [0.29, 0.717) is 0 Å². The van der Waals surface area contributed by atoms with Crippen molar-refractivity contribution in [3.8, 4) is 11.5 Å². The summed E-state index contributed by atoms with van der Waals surface area (Å²) in [6, 6.07) is 0. The summed E-state index contributed by atoms with van der Waals surface area (Å²) in [4.78, 5) is 13.3. The quantitative estimate of drug-likeness (QED) is 0.787. The van der Waals surface area contributed by atoms with E-state index in [-0.39, 0.29) is 0 Å². The fourth-order valence-electron chi connectivity index (χ4n) is 2.23. The zero-order valence-electron chi connectivity index (χ0n) is 10.1. The van der Waals surface area contributed by atoms with Crippen LogP contribution in [0.1, 0.15) is 17.0 Å². The van der Waals surface area contributed by atoms with E-state index in [4.69, 9.17) is 0 Å². The van der Waals surface area contributed by atoms with Crippen molar-refractivity contribution in [3.63, 3.8) is 0 Å². The summed E-state index contributed by atoms with van der Waals surface area (Å²) in [5, 5.41) is 3.34. The SMILES string of the molecule is Cc1nc(-c2cncn2C)nc2c1CCNC2. The van der Waals surface area contributed by atoms with Gasteiger partial charge in [0.05, 0.1) is 18.2 Å². The molecule has 88 valence electrons. The zero-order chi connectivity index (χ0) is 11.8. The third-order valence-electron chi connectivity index (χ3n) is 3.19. The molecular formula is C12H15N5. The van der Waals surface area contributed by atoms with Crippen LogP contribution in [0, 0.1) is 6.92 Å². The Morgan fingerprint density at radius 2 is 2.24 bits per heavy atom. The number of fused-ring (bicyclic) bond motifs is 1. The molecule has 0 fully saturated rings. The summed E-state index contributed by atoms with van der Waals surface area (Å²) in [6.45, 7) is 3.91. The molecule has 0 aromatic carbocycles. The van der Waals surface area contributed by atoms with Gasteiger partial charge in [0.25, 0.3) is 0 Å². The molecule has 3 heterocycles. The van der Waals surface area contributed by atoms with E-state index < -0.39 is 0 Å². The van der Waals surface area contributed by atoms with E-state index in [0.717, 1.165) is 42.4 Å². The second-order valence-electron chi connectivity index (χ2n) is 4.37. The number of hydrogen-bond acceptors (Lipinski definition) is 4. The second kappa shape index (κ2) is 3.92. The van der Waals surface area contributed by atoms with Crippen molar-refractivity contribution < 1.29 is 0 Å². The van der Waals surface area contributed by atoms with Crippen LogP contribution in [0.2, 0.25) is 0 Å². The van der Waals surface area contributed by atoms with Crippen molar-refractivity contribution >= 4 is 0 Å². The van der Waals surface area contributed by atoms with Crippen LogP contribution in [-0.4, -0.2) is 26.1 Å². The summed E-state index contributed by atoms with van der Waals surface area (Å²) >= 11 is 0. The lowest BCUT2D eigenvalue weighted by atomic mass is 10.0. The van der Waals surface area contributed by atoms with E-state index in [9.17, 15) is 0 Å². The van der Waals surface area contributed by atoms with E-state index in [1.54, 1.807) is 12.5 Å². The Bertz CT molecular complexity index is 558. The van der Waals surface area contributed by atoms with Gasteiger partial charge in [-0.3, -0.25) is 0 Å². The Labute approximate surface area is 99.9 Å². The minimum Gasteiger partial charge on any atom is -0.331 e. The van der Waals surface area contributed by atoms with Crippen LogP contribution < -0.4 is 5.32 Å². The van der Waals surface area contributed by atoms with Crippen molar-refractivity contribution in [2.75, 3.05) is 6.54 Å². The summed E-state index contributed by atoms with van der Waals surface area (Å²) < 4.78 is 1.94. The van der Waals surface area contributed by atoms with Gasteiger partial charge in [-0.15, -0.1) is 0 Å². The highest BCUT2D eigenvalue weighted by Gasteiger charge is 2.16. The summed E-state index contributed by atoms with van der Waals surface area (Å²) in [7, 11) is 1.96. The Hall–Kier alpha value is -1.75. The highest BCUT2D eigenvalue weighted by Crippen LogP contribution is 2.20. The van der Waals surface area contributed by atoms with E-state index in [2.05, 4.69) is 27.2 Å². The first-order valence-electron chi connectivity index (χ1n) is 5.79. The van der Waals surface area contributed by atoms with Crippen LogP contribution >= 0.6 is 0 Å². The molecule has 5 heteroatoms. The lowest BCUT2D eigenvalue weighted by Gasteiger charge is -2.18. The molecule has 0 saturated carbocycles. The molecule has 1 aliphatic rings. The molecule has 1 N–H and O–H groups in total. The van der Waals surface area contributed by atoms with Gasteiger partial charge in [0.2, 0.25) is 0 Å². The zero-order valence-corrected chi connectivity index (χ0v) is 10.1. The monoisotopic (exact) mass is 229 g/mol. The number of aryl methyl sites for hydroxylation is 2. The Balaban J connectivity index is 2.14. The topological polar surface area (TPSA) is 55.6 Å². The van der Waals surface area contributed by atoms with Gasteiger partial charge in [-0.05, 0) is 25.5 Å². The first-order valence-corrected chi connectivity index (χ1v) is 5.79. The second-order valence-corrected chi connectivity index (χ2v) is 4.37. The smallest absolute Gasteiger partial charge is 0.178 e. The maximum atomic E-state index is 4.64. The number of rotatable bonds is 1. The van der Waals surface area contributed by atoms with Crippen LogP contribution in [0.4, 0.5) is 0 Å². The molecule has 0 aliphatic carbocycles. The number of nitrogens with one attached hydrogen (secondary N) is 1. The highest BCUT2D eigenvalue weighted by molar-refractivity contribution is 5.50. The summed E-state index contributed by atoms with van der Waals surface area (Å²) in [5.74, 6) is 0.768. The van der Waals surface area contributed by atoms with Crippen molar-refractivity contribution in [2.24, 2.45) is 7.05 Å². The lowest BCUT2D eigenvalue weighted by Crippen LogP contribution is -2.26. The van der Waals surface area contributed by atoms with Crippen molar-refractivity contribution in [1.29, 1.82) is 0 Å². The maximum Gasteiger partial charge on any atom is 0.178 e. The third-order valence-corrected chi connectivity index (χ3v) is 3.19. The predicted molar refractivity (Wildman–Crippen MR) is 64.4 cm³/mol. The standard InChI is InChI=1S/C12H15N5/c1-8-9-3-4-13-5-10(9)16-12(15-8)11-6-14-7-17(11)2/h6-7,13H,3-5H2,1-2H3. The molecule has 3 rings (SSSR count). The number of hydrogen-bond donors (Lipinski definition) is 1. The van der Waals surface area contributed by atoms with Crippen LogP contribution in [0.25, 0.3) is 11.5 Å². The highest BCUT2D eigenvalue weighted by atomic mass is 15.1. The van der Waals surface area contributed by atoms with Gasteiger partial charge in [0.1, 0.15) is 5.69 Å². The number of imidazole rings is 1. The first-order chi connectivity index (χ1) is 8.25. The molecule has 2 aromatic heterocycles. The molecule has 0 spiro atoms. The molecule has 17 heavy (non-hydrogen) atoms. The van der Waals surface area contributed by atoms with Crippen molar-refractivity contribution in [1.82, 2.24) is 24.8 Å². The molecule has 0 unspecified atom stereocenters. The van der Waals surface area contributed by atoms with Gasteiger partial charge in [-0.1, -0.05) is 0 Å². The third kappa shape index (κ3) is 1.72. The minimum atomic E-state index is 0.768. The fourth-order valence-corrected chi connectivity index (χ4v) is 2.23. The molecule has 0 amide bonds. The summed E-state index contributed by atoms with van der Waals surface area (Å²) in [6.07, 6.45) is 4.59.